The van der Waals surface area contributed by atoms with E-state index in [-0.39, 0.29) is 33.2 Å². The van der Waals surface area contributed by atoms with Gasteiger partial charge in [-0.3, -0.25) is 4.79 Å². The third-order valence-corrected chi connectivity index (χ3v) is 7.64. The highest BCUT2D eigenvalue weighted by molar-refractivity contribution is 6.31. The van der Waals surface area contributed by atoms with E-state index in [1.807, 2.05) is 20.8 Å². The number of hydrogen-bond donors (Lipinski definition) is 3. The van der Waals surface area contributed by atoms with Gasteiger partial charge >= 0.3 is 0 Å². The molecule has 9 heteroatoms. The quantitative estimate of drug-likeness (QED) is 0.306. The lowest BCUT2D eigenvalue weighted by Gasteiger charge is -2.37. The van der Waals surface area contributed by atoms with E-state index in [1.165, 1.54) is 30.3 Å². The Hall–Kier alpha value is -3.02. The van der Waals surface area contributed by atoms with Crippen LogP contribution in [0.5, 0.6) is 0 Å². The molecule has 39 heavy (non-hydrogen) atoms. The van der Waals surface area contributed by atoms with Crippen molar-refractivity contribution in [2.45, 2.75) is 57.2 Å². The molecular weight excluding hydrogens is 543 g/mol. The first-order valence-electron chi connectivity index (χ1n) is 12.5. The van der Waals surface area contributed by atoms with Crippen LogP contribution in [0.15, 0.2) is 60.7 Å². The molecule has 1 saturated heterocycles. The molecule has 2 unspecified atom stereocenters. The van der Waals surface area contributed by atoms with Crippen molar-refractivity contribution in [3.05, 3.63) is 99.0 Å². The minimum atomic E-state index is -1.71. The lowest BCUT2D eigenvalue weighted by atomic mass is 9.62. The van der Waals surface area contributed by atoms with E-state index < -0.39 is 41.0 Å². The van der Waals surface area contributed by atoms with Gasteiger partial charge in [0.2, 0.25) is 5.91 Å². The van der Waals surface area contributed by atoms with Crippen LogP contribution in [0.2, 0.25) is 10.0 Å². The van der Waals surface area contributed by atoms with Gasteiger partial charge in [0.15, 0.2) is 0 Å². The predicted octanol–water partition coefficient (Wildman–Crippen LogP) is 6.72. The summed E-state index contributed by atoms with van der Waals surface area (Å²) in [5.41, 5.74) is -1.02. The van der Waals surface area contributed by atoms with Crippen LogP contribution < -0.4 is 10.6 Å². The molecular formula is C30H29Cl2F2N3O2. The maximum absolute atomic E-state index is 15.7. The fourth-order valence-electron chi connectivity index (χ4n) is 5.52. The molecule has 0 radical (unpaired) electrons. The maximum Gasteiger partial charge on any atom is 0.242 e. The van der Waals surface area contributed by atoms with Gasteiger partial charge in [-0.05, 0) is 53.3 Å². The number of nitriles is 1. The number of aliphatic hydroxyl groups is 1. The van der Waals surface area contributed by atoms with Crippen molar-refractivity contribution in [1.29, 1.82) is 5.26 Å². The molecule has 4 rings (SSSR count). The number of anilines is 1. The minimum absolute atomic E-state index is 0.0121. The number of halogens is 4. The largest absolute Gasteiger partial charge is 0.392 e. The van der Waals surface area contributed by atoms with Crippen molar-refractivity contribution in [2.75, 3.05) is 5.32 Å². The zero-order valence-corrected chi connectivity index (χ0v) is 23.2. The molecule has 1 heterocycles. The molecule has 1 fully saturated rings. The van der Waals surface area contributed by atoms with Gasteiger partial charge < -0.3 is 15.7 Å². The number of carbonyl (C=O) groups excluding carboxylic acids is 1. The Morgan fingerprint density at radius 2 is 1.85 bits per heavy atom. The number of benzene rings is 3. The van der Waals surface area contributed by atoms with Crippen molar-refractivity contribution in [1.82, 2.24) is 5.32 Å². The second-order valence-electron chi connectivity index (χ2n) is 11.0. The van der Waals surface area contributed by atoms with Crippen LogP contribution in [0.4, 0.5) is 14.5 Å². The fraction of sp³-hybridized carbons (Fsp3) is 0.333. The third-order valence-electron chi connectivity index (χ3n) is 7.11. The van der Waals surface area contributed by atoms with Crippen LogP contribution >= 0.6 is 23.2 Å². The van der Waals surface area contributed by atoms with Crippen molar-refractivity contribution in [3.63, 3.8) is 0 Å². The molecule has 204 valence electrons. The molecule has 4 atom stereocenters. The molecule has 0 saturated carbocycles. The number of aliphatic hydroxyl groups excluding tert-OH is 1. The summed E-state index contributed by atoms with van der Waals surface area (Å²) >= 11 is 12.2. The first-order chi connectivity index (χ1) is 18.4. The van der Waals surface area contributed by atoms with Crippen LogP contribution in [-0.4, -0.2) is 23.1 Å². The van der Waals surface area contributed by atoms with E-state index in [9.17, 15) is 15.2 Å². The summed E-state index contributed by atoms with van der Waals surface area (Å²) in [4.78, 5) is 13.9. The van der Waals surface area contributed by atoms with Crippen molar-refractivity contribution in [2.24, 2.45) is 5.41 Å². The van der Waals surface area contributed by atoms with Crippen molar-refractivity contribution < 1.29 is 18.7 Å². The normalized spacial score (nSPS) is 22.9. The van der Waals surface area contributed by atoms with Gasteiger partial charge in [0.05, 0.1) is 23.7 Å². The zero-order valence-electron chi connectivity index (χ0n) is 21.7. The smallest absolute Gasteiger partial charge is 0.242 e. The zero-order chi connectivity index (χ0) is 28.5. The minimum Gasteiger partial charge on any atom is -0.392 e. The Kier molecular flexibility index (Phi) is 8.34. The van der Waals surface area contributed by atoms with Gasteiger partial charge in [0, 0.05) is 28.2 Å². The summed E-state index contributed by atoms with van der Waals surface area (Å²) in [5, 5.41) is 26.5. The SMILES string of the molecule is CC(C)(C)CC1N[C@@H](C(=O)Nc2cccc(CO)c2)C(c2cccc(Cl)c2F)[C@@]1(C#N)c1ccc(Cl)cc1F. The topological polar surface area (TPSA) is 85.2 Å². The fourth-order valence-corrected chi connectivity index (χ4v) is 5.86. The lowest BCUT2D eigenvalue weighted by molar-refractivity contribution is -0.118. The Bertz CT molecular complexity index is 1440. The Labute approximate surface area is 236 Å². The molecule has 1 aliphatic heterocycles. The molecule has 5 nitrogen and oxygen atoms in total. The summed E-state index contributed by atoms with van der Waals surface area (Å²) in [6.45, 7) is 5.69. The van der Waals surface area contributed by atoms with Gasteiger partial charge in [-0.15, -0.1) is 0 Å². The average molecular weight is 572 g/mol. The Balaban J connectivity index is 1.95. The van der Waals surface area contributed by atoms with E-state index in [0.717, 1.165) is 6.07 Å². The van der Waals surface area contributed by atoms with Crippen molar-refractivity contribution >= 4 is 34.8 Å². The van der Waals surface area contributed by atoms with E-state index in [1.54, 1.807) is 24.3 Å². The summed E-state index contributed by atoms with van der Waals surface area (Å²) < 4.78 is 31.4. The van der Waals surface area contributed by atoms with Gasteiger partial charge in [0.25, 0.3) is 0 Å². The number of nitrogens with zero attached hydrogens (tertiary/aromatic N) is 1. The molecule has 3 aromatic carbocycles. The monoisotopic (exact) mass is 571 g/mol. The summed E-state index contributed by atoms with van der Waals surface area (Å²) in [5.74, 6) is -3.21. The Morgan fingerprint density at radius 1 is 1.13 bits per heavy atom. The molecule has 0 bridgehead atoms. The van der Waals surface area contributed by atoms with Crippen LogP contribution in [-0.2, 0) is 16.8 Å². The highest BCUT2D eigenvalue weighted by Crippen LogP contribution is 2.52. The molecule has 3 N–H and O–H groups in total. The summed E-state index contributed by atoms with van der Waals surface area (Å²) in [7, 11) is 0. The molecule has 0 aromatic heterocycles. The number of nitrogens with one attached hydrogen (secondary N) is 2. The number of carbonyl (C=O) groups is 1. The molecule has 3 aromatic rings. The van der Waals surface area contributed by atoms with Crippen LogP contribution in [0.25, 0.3) is 0 Å². The number of rotatable bonds is 6. The summed E-state index contributed by atoms with van der Waals surface area (Å²) in [6, 6.07) is 15.5. The molecule has 0 aliphatic carbocycles. The molecule has 1 aliphatic rings. The molecule has 0 spiro atoms. The maximum atomic E-state index is 15.7. The Morgan fingerprint density at radius 3 is 2.49 bits per heavy atom. The van der Waals surface area contributed by atoms with Gasteiger partial charge in [0.1, 0.15) is 17.0 Å². The highest BCUT2D eigenvalue weighted by atomic mass is 35.5. The average Bonchev–Trinajstić information content (AvgIpc) is 3.18. The van der Waals surface area contributed by atoms with Crippen LogP contribution in [0.1, 0.15) is 49.8 Å². The van der Waals surface area contributed by atoms with Crippen LogP contribution in [0, 0.1) is 28.4 Å². The predicted molar refractivity (Wildman–Crippen MR) is 149 cm³/mol. The number of hydrogen-bond acceptors (Lipinski definition) is 4. The summed E-state index contributed by atoms with van der Waals surface area (Å²) in [6.07, 6.45) is 0.366. The second-order valence-corrected chi connectivity index (χ2v) is 11.9. The molecule has 1 amide bonds. The van der Waals surface area contributed by atoms with Gasteiger partial charge in [-0.1, -0.05) is 74.3 Å². The van der Waals surface area contributed by atoms with Crippen molar-refractivity contribution in [3.8, 4) is 6.07 Å². The lowest BCUT2D eigenvalue weighted by Crippen LogP contribution is -2.45. The van der Waals surface area contributed by atoms with Crippen LogP contribution in [0.3, 0.4) is 0 Å². The van der Waals surface area contributed by atoms with E-state index >= 15 is 8.78 Å². The third kappa shape index (κ3) is 5.66. The van der Waals surface area contributed by atoms with E-state index in [4.69, 9.17) is 23.2 Å². The van der Waals surface area contributed by atoms with E-state index in [0.29, 0.717) is 17.7 Å². The second kappa shape index (κ2) is 11.2. The standard InChI is InChI=1S/C30H29Cl2F2N3O2/c1-29(2,3)14-24-30(16-35,21-11-10-18(31)13-23(21)33)25(20-8-5-9-22(32)26(20)34)27(37-24)28(39)36-19-7-4-6-17(12-19)15-38/h4-13,24-25,27,37-38H,14-15H2,1-3H3,(H,36,39)/t24?,25?,27-,30+/m1/s1. The first kappa shape index (κ1) is 29.0. The van der Waals surface area contributed by atoms with Gasteiger partial charge in [-0.2, -0.15) is 5.26 Å². The van der Waals surface area contributed by atoms with Gasteiger partial charge in [-0.25, -0.2) is 8.78 Å². The number of amides is 1. The van der Waals surface area contributed by atoms with E-state index in [2.05, 4.69) is 16.7 Å². The first-order valence-corrected chi connectivity index (χ1v) is 13.2. The highest BCUT2D eigenvalue weighted by Gasteiger charge is 2.61.